The molecule has 0 amide bonds. The summed E-state index contributed by atoms with van der Waals surface area (Å²) >= 11 is 0. The lowest BCUT2D eigenvalue weighted by Gasteiger charge is -2.26. The van der Waals surface area contributed by atoms with Crippen molar-refractivity contribution in [3.05, 3.63) is 65.9 Å². The smallest absolute Gasteiger partial charge is 0.233 e. The molecule has 12 heteroatoms. The molecule has 1 aliphatic heterocycles. The summed E-state index contributed by atoms with van der Waals surface area (Å²) in [4.78, 5) is 28.8. The van der Waals surface area contributed by atoms with Gasteiger partial charge in [0.2, 0.25) is 11.7 Å². The number of rotatable bonds is 10. The van der Waals surface area contributed by atoms with Gasteiger partial charge in [-0.2, -0.15) is 5.10 Å². The lowest BCUT2D eigenvalue weighted by atomic mass is 10.1. The fourth-order valence-corrected chi connectivity index (χ4v) is 5.44. The minimum Gasteiger partial charge on any atom is -0.481 e. The van der Waals surface area contributed by atoms with Crippen LogP contribution in [-0.4, -0.2) is 63.3 Å². The van der Waals surface area contributed by atoms with Gasteiger partial charge in [-0.15, -0.1) is 0 Å². The predicted octanol–water partition coefficient (Wildman–Crippen LogP) is 4.35. The van der Waals surface area contributed by atoms with Crippen LogP contribution in [0, 0.1) is 5.82 Å². The maximum atomic E-state index is 14.1. The molecule has 1 aliphatic rings. The number of methoxy groups -OCH3 is 1. The molecule has 1 atom stereocenters. The maximum Gasteiger partial charge on any atom is 0.233 e. The second-order valence-corrected chi connectivity index (χ2v) is 16.2. The van der Waals surface area contributed by atoms with Crippen LogP contribution in [0.4, 0.5) is 10.2 Å². The summed E-state index contributed by atoms with van der Waals surface area (Å²) in [5.74, 6) is 0.634. The molecule has 1 saturated heterocycles. The third-order valence-corrected chi connectivity index (χ3v) is 8.39. The average molecular weight is 538 g/mol. The molecule has 0 saturated carbocycles. The molecule has 0 aliphatic carbocycles. The van der Waals surface area contributed by atoms with E-state index >= 15 is 0 Å². The third kappa shape index (κ3) is 5.32. The van der Waals surface area contributed by atoms with E-state index in [1.807, 2.05) is 6.07 Å². The number of imidazole rings is 1. The Bertz CT molecular complexity index is 1450. The van der Waals surface area contributed by atoms with E-state index in [0.717, 1.165) is 31.6 Å². The Morgan fingerprint density at radius 2 is 2.05 bits per heavy atom. The summed E-state index contributed by atoms with van der Waals surface area (Å²) < 4.78 is 28.6. The van der Waals surface area contributed by atoms with E-state index in [0.29, 0.717) is 35.1 Å². The van der Waals surface area contributed by atoms with E-state index in [1.54, 1.807) is 27.7 Å². The number of halogens is 1. The lowest BCUT2D eigenvalue weighted by molar-refractivity contribution is 0.0812. The second-order valence-electron chi connectivity index (χ2n) is 10.6. The van der Waals surface area contributed by atoms with E-state index in [-0.39, 0.29) is 24.4 Å². The number of pyridine rings is 1. The van der Waals surface area contributed by atoms with Crippen LogP contribution < -0.4 is 9.64 Å². The molecule has 5 rings (SSSR count). The summed E-state index contributed by atoms with van der Waals surface area (Å²) in [5, 5.41) is 4.34. The van der Waals surface area contributed by atoms with Crippen LogP contribution in [-0.2, 0) is 11.5 Å². The van der Waals surface area contributed by atoms with Gasteiger partial charge in [-0.3, -0.25) is 4.79 Å². The van der Waals surface area contributed by atoms with E-state index in [2.05, 4.69) is 39.6 Å². The molecule has 10 nitrogen and oxygen atoms in total. The largest absolute Gasteiger partial charge is 0.481 e. The molecule has 5 heterocycles. The summed E-state index contributed by atoms with van der Waals surface area (Å²) in [7, 11) is 0.317. The monoisotopic (exact) mass is 537 g/mol. The number of hydrogen-bond acceptors (Lipinski definition) is 8. The Balaban J connectivity index is 1.41. The van der Waals surface area contributed by atoms with Crippen molar-refractivity contribution in [1.29, 1.82) is 0 Å². The summed E-state index contributed by atoms with van der Waals surface area (Å²) in [5.41, 5.74) is 1.45. The van der Waals surface area contributed by atoms with Crippen molar-refractivity contribution in [2.45, 2.75) is 51.3 Å². The number of ether oxygens (including phenoxy) is 2. The summed E-state index contributed by atoms with van der Waals surface area (Å²) in [6, 6.07) is 4.20. The Morgan fingerprint density at radius 3 is 2.84 bits per heavy atom. The van der Waals surface area contributed by atoms with Crippen molar-refractivity contribution in [2.24, 2.45) is 0 Å². The van der Waals surface area contributed by atoms with Gasteiger partial charge in [-0.1, -0.05) is 19.6 Å². The highest BCUT2D eigenvalue weighted by atomic mass is 28.3. The van der Waals surface area contributed by atoms with Crippen molar-refractivity contribution in [1.82, 2.24) is 29.1 Å². The molecule has 4 aromatic rings. The molecule has 0 radical (unpaired) electrons. The van der Waals surface area contributed by atoms with Gasteiger partial charge in [-0.25, -0.2) is 23.9 Å². The maximum absolute atomic E-state index is 14.1. The predicted molar refractivity (Wildman–Crippen MR) is 143 cm³/mol. The summed E-state index contributed by atoms with van der Waals surface area (Å²) in [6.45, 7) is 8.51. The van der Waals surface area contributed by atoms with Gasteiger partial charge in [0.05, 0.1) is 31.1 Å². The number of ketones is 1. The Labute approximate surface area is 221 Å². The van der Waals surface area contributed by atoms with Gasteiger partial charge in [0.15, 0.2) is 11.5 Å². The fourth-order valence-electron chi connectivity index (χ4n) is 4.68. The van der Waals surface area contributed by atoms with Crippen molar-refractivity contribution < 1.29 is 18.7 Å². The van der Waals surface area contributed by atoms with Gasteiger partial charge >= 0.3 is 0 Å². The van der Waals surface area contributed by atoms with E-state index in [9.17, 15) is 9.18 Å². The Morgan fingerprint density at radius 1 is 1.21 bits per heavy atom. The van der Waals surface area contributed by atoms with Crippen LogP contribution in [0.1, 0.15) is 40.6 Å². The SMILES string of the molecule is COc1ncc(F)cc1[C@H]1CCCN1c1ccn2ncc(C(=O)c3nccn3COCC[Si](C)(C)C)c2n1. The van der Waals surface area contributed by atoms with E-state index < -0.39 is 13.9 Å². The van der Waals surface area contributed by atoms with Gasteiger partial charge in [0, 0.05) is 45.4 Å². The number of carbonyl (C=O) groups is 1. The number of aromatic nitrogens is 6. The Hall–Kier alpha value is -3.64. The summed E-state index contributed by atoms with van der Waals surface area (Å²) in [6.07, 6.45) is 9.47. The van der Waals surface area contributed by atoms with Crippen molar-refractivity contribution in [3.8, 4) is 5.88 Å². The Kier molecular flexibility index (Phi) is 7.26. The van der Waals surface area contributed by atoms with Crippen molar-refractivity contribution in [3.63, 3.8) is 0 Å². The van der Waals surface area contributed by atoms with Gasteiger partial charge < -0.3 is 18.9 Å². The number of carbonyl (C=O) groups excluding carboxylic acids is 1. The molecule has 38 heavy (non-hydrogen) atoms. The number of anilines is 1. The number of hydrogen-bond donors (Lipinski definition) is 0. The quantitative estimate of drug-likeness (QED) is 0.167. The van der Waals surface area contributed by atoms with Gasteiger partial charge in [0.1, 0.15) is 18.4 Å². The minimum absolute atomic E-state index is 0.155. The average Bonchev–Trinajstić information content (AvgIpc) is 3.65. The normalized spacial score (nSPS) is 15.9. The van der Waals surface area contributed by atoms with Crippen LogP contribution in [0.2, 0.25) is 25.7 Å². The van der Waals surface area contributed by atoms with Crippen LogP contribution >= 0.6 is 0 Å². The van der Waals surface area contributed by atoms with Crippen LogP contribution in [0.25, 0.3) is 5.65 Å². The van der Waals surface area contributed by atoms with Crippen LogP contribution in [0.15, 0.2) is 43.1 Å². The molecule has 200 valence electrons. The molecule has 0 N–H and O–H groups in total. The standard InChI is InChI=1S/C26H32FN7O3Si/c1-36-26-19(14-18(27)15-29-26)21-6-5-9-33(21)22-7-10-34-24(31-22)20(16-30-34)23(35)25-28-8-11-32(25)17-37-12-13-38(2,3)4/h7-8,10-11,14-16,21H,5-6,9,12-13,17H2,1-4H3/t21-/m1/s1. The molecule has 0 aromatic carbocycles. The number of fused-ring (bicyclic) bond motifs is 1. The van der Waals surface area contributed by atoms with E-state index in [4.69, 9.17) is 14.5 Å². The first-order chi connectivity index (χ1) is 18.2. The molecular weight excluding hydrogens is 505 g/mol. The van der Waals surface area contributed by atoms with E-state index in [1.165, 1.54) is 19.4 Å². The first-order valence-corrected chi connectivity index (χ1v) is 16.4. The molecule has 0 spiro atoms. The molecule has 0 bridgehead atoms. The molecule has 1 fully saturated rings. The van der Waals surface area contributed by atoms with Gasteiger partial charge in [-0.05, 0) is 31.0 Å². The van der Waals surface area contributed by atoms with Gasteiger partial charge in [0.25, 0.3) is 0 Å². The lowest BCUT2D eigenvalue weighted by Crippen LogP contribution is -2.24. The van der Waals surface area contributed by atoms with Crippen LogP contribution in [0.3, 0.4) is 0 Å². The topological polar surface area (TPSA) is 99.7 Å². The minimum atomic E-state index is -1.21. The van der Waals surface area contributed by atoms with Crippen LogP contribution in [0.5, 0.6) is 5.88 Å². The zero-order chi connectivity index (χ0) is 26.9. The fraction of sp³-hybridized carbons (Fsp3) is 0.423. The molecule has 4 aromatic heterocycles. The van der Waals surface area contributed by atoms with Crippen molar-refractivity contribution in [2.75, 3.05) is 25.2 Å². The highest BCUT2D eigenvalue weighted by molar-refractivity contribution is 6.76. The third-order valence-electron chi connectivity index (χ3n) is 6.69. The first kappa shape index (κ1) is 26.0. The number of nitrogens with zero attached hydrogens (tertiary/aromatic N) is 7. The van der Waals surface area contributed by atoms with Crippen molar-refractivity contribution >= 4 is 25.3 Å². The molecular formula is C26H32FN7O3Si. The highest BCUT2D eigenvalue weighted by Gasteiger charge is 2.31. The second kappa shape index (κ2) is 10.6. The highest BCUT2D eigenvalue weighted by Crippen LogP contribution is 2.39. The zero-order valence-electron chi connectivity index (χ0n) is 22.1. The first-order valence-electron chi connectivity index (χ1n) is 12.7. The zero-order valence-corrected chi connectivity index (χ0v) is 23.1. The molecule has 0 unspecified atom stereocenters.